The van der Waals surface area contributed by atoms with E-state index in [4.69, 9.17) is 4.74 Å². The van der Waals surface area contributed by atoms with Crippen LogP contribution in [0.5, 0.6) is 0 Å². The molecular weight excluding hydrogens is 368 g/mol. The number of rotatable bonds is 5. The summed E-state index contributed by atoms with van der Waals surface area (Å²) < 4.78 is 31.9. The van der Waals surface area contributed by atoms with Crippen LogP contribution in [0.4, 0.5) is 0 Å². The van der Waals surface area contributed by atoms with Gasteiger partial charge in [0.05, 0.1) is 25.0 Å². The van der Waals surface area contributed by atoms with Gasteiger partial charge < -0.3 is 10.1 Å². The fourth-order valence-corrected chi connectivity index (χ4v) is 4.41. The lowest BCUT2D eigenvalue weighted by Gasteiger charge is -2.20. The second-order valence-corrected chi connectivity index (χ2v) is 9.07. The van der Waals surface area contributed by atoms with Crippen molar-refractivity contribution in [3.05, 3.63) is 33.7 Å². The average molecular weight is 386 g/mol. The van der Waals surface area contributed by atoms with E-state index in [1.807, 2.05) is 0 Å². The summed E-state index contributed by atoms with van der Waals surface area (Å²) in [6, 6.07) is -0.482. The van der Waals surface area contributed by atoms with Crippen molar-refractivity contribution in [3.63, 3.8) is 0 Å². The number of aromatic nitrogens is 2. The molecule has 2 aromatic heterocycles. The molecule has 0 unspecified atom stereocenters. The van der Waals surface area contributed by atoms with Gasteiger partial charge in [-0.3, -0.25) is 14.0 Å². The highest BCUT2D eigenvalue weighted by Crippen LogP contribution is 2.17. The Hall–Kier alpha value is -1.82. The molecule has 0 bridgehead atoms. The molecule has 2 atom stereocenters. The van der Waals surface area contributed by atoms with Crippen LogP contribution in [0.25, 0.3) is 4.96 Å². The van der Waals surface area contributed by atoms with Gasteiger partial charge in [-0.25, -0.2) is 17.7 Å². The van der Waals surface area contributed by atoms with Crippen LogP contribution in [0.15, 0.2) is 22.6 Å². The van der Waals surface area contributed by atoms with Gasteiger partial charge in [-0.05, 0) is 0 Å². The van der Waals surface area contributed by atoms with Gasteiger partial charge in [0.2, 0.25) is 10.0 Å². The lowest BCUT2D eigenvalue weighted by Crippen LogP contribution is -2.45. The van der Waals surface area contributed by atoms with Crippen LogP contribution in [0.3, 0.4) is 0 Å². The molecule has 0 saturated carbocycles. The Morgan fingerprint density at radius 1 is 1.48 bits per heavy atom. The van der Waals surface area contributed by atoms with E-state index in [0.717, 1.165) is 4.31 Å². The Morgan fingerprint density at radius 3 is 2.96 bits per heavy atom. The summed E-state index contributed by atoms with van der Waals surface area (Å²) in [5, 5.41) is 4.41. The highest BCUT2D eigenvalue weighted by atomic mass is 32.2. The van der Waals surface area contributed by atoms with E-state index >= 15 is 0 Å². The lowest BCUT2D eigenvalue weighted by atomic mass is 10.1. The molecule has 1 N–H and O–H groups in total. The maximum Gasteiger partial charge on any atom is 0.271 e. The monoisotopic (exact) mass is 386 g/mol. The number of hydrogen-bond acceptors (Lipinski definition) is 7. The summed E-state index contributed by atoms with van der Waals surface area (Å²) >= 11 is 1.29. The zero-order chi connectivity index (χ0) is 18.2. The first kappa shape index (κ1) is 18.0. The Balaban J connectivity index is 1.77. The third-order valence-electron chi connectivity index (χ3n) is 4.08. The normalized spacial score (nSPS) is 21.1. The predicted octanol–water partition coefficient (Wildman–Crippen LogP) is -0.608. The molecule has 3 heterocycles. The highest BCUT2D eigenvalue weighted by Gasteiger charge is 2.34. The summed E-state index contributed by atoms with van der Waals surface area (Å²) in [4.78, 5) is 29.4. The van der Waals surface area contributed by atoms with Crippen LogP contribution in [-0.4, -0.2) is 67.1 Å². The van der Waals surface area contributed by atoms with Crippen molar-refractivity contribution < 1.29 is 17.9 Å². The maximum absolute atomic E-state index is 12.5. The molecule has 9 nitrogen and oxygen atoms in total. The molecule has 3 rings (SSSR count). The van der Waals surface area contributed by atoms with Gasteiger partial charge in [-0.1, -0.05) is 0 Å². The molecule has 1 amide bonds. The summed E-state index contributed by atoms with van der Waals surface area (Å²) in [5.74, 6) is -1.09. The van der Waals surface area contributed by atoms with Crippen LogP contribution in [0.1, 0.15) is 10.4 Å². The van der Waals surface area contributed by atoms with Crippen LogP contribution in [0.2, 0.25) is 0 Å². The number of hydrogen-bond donors (Lipinski definition) is 1. The largest absolute Gasteiger partial charge is 0.379 e. The van der Waals surface area contributed by atoms with E-state index in [1.165, 1.54) is 36.0 Å². The van der Waals surface area contributed by atoms with Gasteiger partial charge >= 0.3 is 0 Å². The number of sulfonamides is 1. The molecule has 0 aliphatic carbocycles. The van der Waals surface area contributed by atoms with E-state index in [9.17, 15) is 18.0 Å². The number of nitrogens with one attached hydrogen (secondary N) is 1. The number of ether oxygens (including phenoxy) is 1. The number of carbonyl (C=O) groups excluding carboxylic acids is 1. The molecule has 0 radical (unpaired) electrons. The summed E-state index contributed by atoms with van der Waals surface area (Å²) in [6.07, 6.45) is 2.79. The molecule has 1 aliphatic rings. The number of amides is 1. The second kappa shape index (κ2) is 6.83. The Labute approximate surface area is 148 Å². The Kier molecular flexibility index (Phi) is 4.91. The van der Waals surface area contributed by atoms with Gasteiger partial charge in [0.15, 0.2) is 4.96 Å². The zero-order valence-corrected chi connectivity index (χ0v) is 15.3. The topological polar surface area (TPSA) is 110 Å². The van der Waals surface area contributed by atoms with E-state index in [1.54, 1.807) is 11.6 Å². The quantitative estimate of drug-likeness (QED) is 0.734. The third-order valence-corrected chi connectivity index (χ3v) is 6.82. The van der Waals surface area contributed by atoms with Crippen molar-refractivity contribution >= 4 is 32.2 Å². The molecule has 1 fully saturated rings. The Morgan fingerprint density at radius 2 is 2.24 bits per heavy atom. The molecule has 0 aromatic carbocycles. The fourth-order valence-electron chi connectivity index (χ4n) is 2.57. The van der Waals surface area contributed by atoms with Gasteiger partial charge in [-0.15, -0.1) is 11.3 Å². The maximum atomic E-state index is 12.5. The summed E-state index contributed by atoms with van der Waals surface area (Å²) in [7, 11) is -0.500. The number of fused-ring (bicyclic) bond motifs is 1. The van der Waals surface area contributed by atoms with Gasteiger partial charge in [0, 0.05) is 37.8 Å². The van der Waals surface area contributed by atoms with Crippen LogP contribution < -0.4 is 10.9 Å². The van der Waals surface area contributed by atoms with E-state index in [0.29, 0.717) is 4.96 Å². The minimum absolute atomic E-state index is 0.0861. The Bertz CT molecular complexity index is 950. The first-order valence-electron chi connectivity index (χ1n) is 7.53. The van der Waals surface area contributed by atoms with Crippen molar-refractivity contribution in [3.8, 4) is 0 Å². The minimum Gasteiger partial charge on any atom is -0.379 e. The third kappa shape index (κ3) is 3.59. The van der Waals surface area contributed by atoms with Crippen molar-refractivity contribution in [1.29, 1.82) is 0 Å². The predicted molar refractivity (Wildman–Crippen MR) is 92.4 cm³/mol. The standard InChI is InChI=1S/C14H18N4O5S2/c1-17(2)25(21,22)8-9-6-23-7-11(9)16-12(19)10-5-15-14-18(13(10)20)3-4-24-14/h3-5,9,11H,6-8H2,1-2H3,(H,16,19)/t9-,11+/m0/s1. The molecule has 25 heavy (non-hydrogen) atoms. The van der Waals surface area contributed by atoms with E-state index < -0.39 is 27.5 Å². The first-order valence-corrected chi connectivity index (χ1v) is 10.0. The fraction of sp³-hybridized carbons (Fsp3) is 0.500. The first-order chi connectivity index (χ1) is 11.8. The molecule has 0 spiro atoms. The second-order valence-electron chi connectivity index (χ2n) is 5.97. The number of carbonyl (C=O) groups is 1. The van der Waals surface area contributed by atoms with Crippen LogP contribution in [0, 0.1) is 5.92 Å². The van der Waals surface area contributed by atoms with Crippen LogP contribution >= 0.6 is 11.3 Å². The lowest BCUT2D eigenvalue weighted by molar-refractivity contribution is 0.0924. The molecule has 11 heteroatoms. The molecule has 1 saturated heterocycles. The van der Waals surface area contributed by atoms with Crippen molar-refractivity contribution in [2.75, 3.05) is 33.1 Å². The molecule has 1 aliphatic heterocycles. The summed E-state index contributed by atoms with van der Waals surface area (Å²) in [5.41, 5.74) is -0.544. The van der Waals surface area contributed by atoms with Gasteiger partial charge in [0.25, 0.3) is 11.5 Å². The zero-order valence-electron chi connectivity index (χ0n) is 13.7. The number of thiazole rings is 1. The van der Waals surface area contributed by atoms with E-state index in [2.05, 4.69) is 10.3 Å². The molecule has 136 valence electrons. The molecule has 2 aromatic rings. The molecular formula is C14H18N4O5S2. The van der Waals surface area contributed by atoms with Gasteiger partial charge in [0.1, 0.15) is 5.56 Å². The highest BCUT2D eigenvalue weighted by molar-refractivity contribution is 7.89. The minimum atomic E-state index is -3.42. The number of nitrogens with zero attached hydrogens (tertiary/aromatic N) is 3. The smallest absolute Gasteiger partial charge is 0.271 e. The van der Waals surface area contributed by atoms with E-state index in [-0.39, 0.29) is 30.4 Å². The van der Waals surface area contributed by atoms with Crippen molar-refractivity contribution in [2.45, 2.75) is 6.04 Å². The van der Waals surface area contributed by atoms with Crippen LogP contribution in [-0.2, 0) is 14.8 Å². The SMILES string of the molecule is CN(C)S(=O)(=O)C[C@@H]1COC[C@H]1NC(=O)c1cnc2sccn2c1=O. The van der Waals surface area contributed by atoms with Gasteiger partial charge in [-0.2, -0.15) is 0 Å². The van der Waals surface area contributed by atoms with Crippen molar-refractivity contribution in [1.82, 2.24) is 19.0 Å². The summed E-state index contributed by atoms with van der Waals surface area (Å²) in [6.45, 7) is 0.438. The average Bonchev–Trinajstić information content (AvgIpc) is 3.17. The van der Waals surface area contributed by atoms with Crippen molar-refractivity contribution in [2.24, 2.45) is 5.92 Å².